The van der Waals surface area contributed by atoms with E-state index in [1.807, 2.05) is 12.1 Å². The number of hydrogen-bond acceptors (Lipinski definition) is 2. The maximum absolute atomic E-state index is 5.21. The Kier molecular flexibility index (Phi) is 5.19. The van der Waals surface area contributed by atoms with Crippen LogP contribution < -0.4 is 10.1 Å². The lowest BCUT2D eigenvalue weighted by molar-refractivity contribution is 0.413. The monoisotopic (exact) mass is 207 g/mol. The lowest BCUT2D eigenvalue weighted by Gasteiger charge is -2.13. The minimum absolute atomic E-state index is 0.534. The van der Waals surface area contributed by atoms with E-state index in [4.69, 9.17) is 4.74 Å². The zero-order chi connectivity index (χ0) is 11.1. The molecule has 0 spiro atoms. The van der Waals surface area contributed by atoms with Crippen molar-refractivity contribution in [3.63, 3.8) is 0 Å². The van der Waals surface area contributed by atoms with Crippen LogP contribution in [-0.2, 0) is 0 Å². The molecule has 0 aromatic heterocycles. The van der Waals surface area contributed by atoms with Gasteiger partial charge in [-0.15, -0.1) is 0 Å². The second-order valence-corrected chi connectivity index (χ2v) is 3.88. The van der Waals surface area contributed by atoms with Crippen LogP contribution in [0.3, 0.4) is 0 Å². The molecule has 0 fully saturated rings. The van der Waals surface area contributed by atoms with Crippen molar-refractivity contribution in [1.82, 2.24) is 5.32 Å². The van der Waals surface area contributed by atoms with Crippen LogP contribution in [0.25, 0.3) is 0 Å². The molecule has 0 aliphatic heterocycles. The standard InChI is InChI=1S/C13H21NO/c1-4-8-14-10-11(2)12-6-5-7-13(9-12)15-3/h5-7,9,11,14H,4,8,10H2,1-3H3. The van der Waals surface area contributed by atoms with Crippen molar-refractivity contribution >= 4 is 0 Å². The van der Waals surface area contributed by atoms with Crippen molar-refractivity contribution in [3.05, 3.63) is 29.8 Å². The fraction of sp³-hybridized carbons (Fsp3) is 0.538. The molecule has 0 aliphatic carbocycles. The van der Waals surface area contributed by atoms with Crippen LogP contribution in [-0.4, -0.2) is 20.2 Å². The van der Waals surface area contributed by atoms with Crippen LogP contribution in [0.2, 0.25) is 0 Å². The van der Waals surface area contributed by atoms with Crippen molar-refractivity contribution in [3.8, 4) is 5.75 Å². The lowest BCUT2D eigenvalue weighted by atomic mass is 10.0. The Balaban J connectivity index is 2.52. The molecule has 0 amide bonds. The van der Waals surface area contributed by atoms with Crippen LogP contribution in [0.15, 0.2) is 24.3 Å². The molecular weight excluding hydrogens is 186 g/mol. The molecule has 1 unspecified atom stereocenters. The zero-order valence-electron chi connectivity index (χ0n) is 9.92. The average molecular weight is 207 g/mol. The first-order chi connectivity index (χ1) is 7.27. The third kappa shape index (κ3) is 3.92. The van der Waals surface area contributed by atoms with E-state index >= 15 is 0 Å². The van der Waals surface area contributed by atoms with Gasteiger partial charge >= 0.3 is 0 Å². The summed E-state index contributed by atoms with van der Waals surface area (Å²) in [6.07, 6.45) is 1.19. The normalized spacial score (nSPS) is 12.5. The lowest BCUT2D eigenvalue weighted by Crippen LogP contribution is -2.20. The first-order valence-electron chi connectivity index (χ1n) is 5.62. The van der Waals surface area contributed by atoms with E-state index in [2.05, 4.69) is 31.3 Å². The summed E-state index contributed by atoms with van der Waals surface area (Å²) in [6.45, 7) is 6.54. The number of ether oxygens (including phenoxy) is 1. The smallest absolute Gasteiger partial charge is 0.119 e. The largest absolute Gasteiger partial charge is 0.497 e. The summed E-state index contributed by atoms with van der Waals surface area (Å²) in [7, 11) is 1.71. The van der Waals surface area contributed by atoms with Crippen molar-refractivity contribution in [1.29, 1.82) is 0 Å². The number of benzene rings is 1. The van der Waals surface area contributed by atoms with E-state index in [0.29, 0.717) is 5.92 Å². The molecule has 0 saturated carbocycles. The summed E-state index contributed by atoms with van der Waals surface area (Å²) in [6, 6.07) is 8.29. The summed E-state index contributed by atoms with van der Waals surface area (Å²) in [4.78, 5) is 0. The maximum Gasteiger partial charge on any atom is 0.119 e. The van der Waals surface area contributed by atoms with Crippen LogP contribution >= 0.6 is 0 Å². The number of nitrogens with one attached hydrogen (secondary N) is 1. The van der Waals surface area contributed by atoms with E-state index in [-0.39, 0.29) is 0 Å². The number of methoxy groups -OCH3 is 1. The van der Waals surface area contributed by atoms with Gasteiger partial charge in [0.05, 0.1) is 7.11 Å². The SMILES string of the molecule is CCCNCC(C)c1cccc(OC)c1. The Morgan fingerprint density at radius 1 is 1.40 bits per heavy atom. The van der Waals surface area contributed by atoms with E-state index in [9.17, 15) is 0 Å². The molecule has 84 valence electrons. The van der Waals surface area contributed by atoms with Gasteiger partial charge in [-0.3, -0.25) is 0 Å². The topological polar surface area (TPSA) is 21.3 Å². The van der Waals surface area contributed by atoms with E-state index < -0.39 is 0 Å². The van der Waals surface area contributed by atoms with Gasteiger partial charge in [-0.2, -0.15) is 0 Å². The predicted octanol–water partition coefficient (Wildman–Crippen LogP) is 2.80. The molecule has 0 bridgehead atoms. The molecule has 0 heterocycles. The fourth-order valence-electron chi connectivity index (χ4n) is 1.56. The average Bonchev–Trinajstić information content (AvgIpc) is 2.29. The minimum Gasteiger partial charge on any atom is -0.497 e. The summed E-state index contributed by atoms with van der Waals surface area (Å²) in [5.41, 5.74) is 1.33. The van der Waals surface area contributed by atoms with Gasteiger partial charge < -0.3 is 10.1 Å². The van der Waals surface area contributed by atoms with E-state index in [1.165, 1.54) is 12.0 Å². The van der Waals surface area contributed by atoms with Crippen molar-refractivity contribution in [2.24, 2.45) is 0 Å². The van der Waals surface area contributed by atoms with Gasteiger partial charge in [0.15, 0.2) is 0 Å². The van der Waals surface area contributed by atoms with E-state index in [0.717, 1.165) is 18.8 Å². The Bertz CT molecular complexity index is 286. The fourth-order valence-corrected chi connectivity index (χ4v) is 1.56. The van der Waals surface area contributed by atoms with Crippen molar-refractivity contribution in [2.45, 2.75) is 26.2 Å². The van der Waals surface area contributed by atoms with Crippen molar-refractivity contribution < 1.29 is 4.74 Å². The molecule has 0 saturated heterocycles. The van der Waals surface area contributed by atoms with Crippen LogP contribution in [0, 0.1) is 0 Å². The minimum atomic E-state index is 0.534. The highest BCUT2D eigenvalue weighted by atomic mass is 16.5. The first kappa shape index (κ1) is 12.1. The van der Waals surface area contributed by atoms with Gasteiger partial charge in [0.1, 0.15) is 5.75 Å². The second kappa shape index (κ2) is 6.46. The molecule has 15 heavy (non-hydrogen) atoms. The van der Waals surface area contributed by atoms with Gasteiger partial charge in [0, 0.05) is 6.54 Å². The Morgan fingerprint density at radius 3 is 2.87 bits per heavy atom. The molecule has 1 aromatic rings. The Labute approximate surface area is 92.6 Å². The maximum atomic E-state index is 5.21. The zero-order valence-corrected chi connectivity index (χ0v) is 9.92. The van der Waals surface area contributed by atoms with Gasteiger partial charge in [-0.1, -0.05) is 26.0 Å². The van der Waals surface area contributed by atoms with Crippen LogP contribution in [0.1, 0.15) is 31.7 Å². The molecule has 1 rings (SSSR count). The highest BCUT2D eigenvalue weighted by molar-refractivity contribution is 5.30. The summed E-state index contributed by atoms with van der Waals surface area (Å²) in [5.74, 6) is 1.47. The third-order valence-corrected chi connectivity index (χ3v) is 2.54. The second-order valence-electron chi connectivity index (χ2n) is 3.88. The molecule has 2 nitrogen and oxygen atoms in total. The predicted molar refractivity (Wildman–Crippen MR) is 64.6 cm³/mol. The molecule has 2 heteroatoms. The van der Waals surface area contributed by atoms with Gasteiger partial charge in [0.2, 0.25) is 0 Å². The molecular formula is C13H21NO. The van der Waals surface area contributed by atoms with Crippen LogP contribution in [0.4, 0.5) is 0 Å². The van der Waals surface area contributed by atoms with Gasteiger partial charge in [-0.05, 0) is 36.6 Å². The summed E-state index contributed by atoms with van der Waals surface area (Å²) < 4.78 is 5.21. The Hall–Kier alpha value is -1.02. The summed E-state index contributed by atoms with van der Waals surface area (Å²) >= 11 is 0. The Morgan fingerprint density at radius 2 is 2.20 bits per heavy atom. The molecule has 1 aromatic carbocycles. The van der Waals surface area contributed by atoms with Crippen molar-refractivity contribution in [2.75, 3.05) is 20.2 Å². The number of hydrogen-bond donors (Lipinski definition) is 1. The molecule has 1 N–H and O–H groups in total. The number of rotatable bonds is 6. The van der Waals surface area contributed by atoms with Gasteiger partial charge in [0.25, 0.3) is 0 Å². The quantitative estimate of drug-likeness (QED) is 0.724. The first-order valence-corrected chi connectivity index (χ1v) is 5.62. The highest BCUT2D eigenvalue weighted by Crippen LogP contribution is 2.19. The molecule has 1 atom stereocenters. The van der Waals surface area contributed by atoms with E-state index in [1.54, 1.807) is 7.11 Å². The van der Waals surface area contributed by atoms with Crippen LogP contribution in [0.5, 0.6) is 5.75 Å². The molecule has 0 aliphatic rings. The third-order valence-electron chi connectivity index (χ3n) is 2.54. The van der Waals surface area contributed by atoms with Gasteiger partial charge in [-0.25, -0.2) is 0 Å². The highest BCUT2D eigenvalue weighted by Gasteiger charge is 2.05. The summed E-state index contributed by atoms with van der Waals surface area (Å²) in [5, 5.41) is 3.43. The molecule has 0 radical (unpaired) electrons.